The number of carboxylic acids is 1. The lowest BCUT2D eigenvalue weighted by Crippen LogP contribution is -2.31. The maximum absolute atomic E-state index is 12.4. The molecule has 4 nitrogen and oxygen atoms in total. The van der Waals surface area contributed by atoms with Gasteiger partial charge in [-0.2, -0.15) is 0 Å². The standard InChI is InChI=1S/C20H23NO3/c1-14-8-6-7-11-17(14)18(13-20(23)24)21-19(22)12-15(2)16-9-4-3-5-10-16/h3-11,15,18H,12-13H2,1-2H3,(H,21,22)(H,23,24). The summed E-state index contributed by atoms with van der Waals surface area (Å²) in [6.45, 7) is 3.91. The minimum atomic E-state index is -0.931. The predicted octanol–water partition coefficient (Wildman–Crippen LogP) is 3.82. The molecule has 2 aromatic carbocycles. The van der Waals surface area contributed by atoms with Gasteiger partial charge in [-0.25, -0.2) is 0 Å². The van der Waals surface area contributed by atoms with Gasteiger partial charge in [-0.05, 0) is 29.5 Å². The van der Waals surface area contributed by atoms with E-state index < -0.39 is 12.0 Å². The molecule has 0 saturated carbocycles. The van der Waals surface area contributed by atoms with Crippen LogP contribution < -0.4 is 5.32 Å². The third-order valence-corrected chi connectivity index (χ3v) is 4.14. The van der Waals surface area contributed by atoms with Gasteiger partial charge in [0.05, 0.1) is 12.5 Å². The second kappa shape index (κ2) is 8.29. The van der Waals surface area contributed by atoms with Crippen LogP contribution in [0.25, 0.3) is 0 Å². The van der Waals surface area contributed by atoms with Crippen LogP contribution in [0.4, 0.5) is 0 Å². The summed E-state index contributed by atoms with van der Waals surface area (Å²) in [6, 6.07) is 16.9. The molecule has 24 heavy (non-hydrogen) atoms. The average Bonchev–Trinajstić information content (AvgIpc) is 2.55. The lowest BCUT2D eigenvalue weighted by molar-refractivity contribution is -0.137. The van der Waals surface area contributed by atoms with Crippen molar-refractivity contribution in [3.63, 3.8) is 0 Å². The van der Waals surface area contributed by atoms with Crippen LogP contribution in [0.15, 0.2) is 54.6 Å². The van der Waals surface area contributed by atoms with Gasteiger partial charge in [-0.1, -0.05) is 61.5 Å². The van der Waals surface area contributed by atoms with Crippen molar-refractivity contribution in [1.82, 2.24) is 5.32 Å². The number of hydrogen-bond acceptors (Lipinski definition) is 2. The number of benzene rings is 2. The molecule has 0 aliphatic carbocycles. The molecule has 0 bridgehead atoms. The number of amides is 1. The number of rotatable bonds is 7. The lowest BCUT2D eigenvalue weighted by Gasteiger charge is -2.21. The first-order valence-electron chi connectivity index (χ1n) is 8.09. The fourth-order valence-electron chi connectivity index (χ4n) is 2.82. The van der Waals surface area contributed by atoms with Gasteiger partial charge in [0, 0.05) is 6.42 Å². The molecule has 126 valence electrons. The number of nitrogens with one attached hydrogen (secondary N) is 1. The van der Waals surface area contributed by atoms with Gasteiger partial charge in [0.1, 0.15) is 0 Å². The summed E-state index contributed by atoms with van der Waals surface area (Å²) < 4.78 is 0. The minimum absolute atomic E-state index is 0.0774. The molecule has 0 aromatic heterocycles. The Morgan fingerprint density at radius 1 is 1.00 bits per heavy atom. The molecule has 0 aliphatic heterocycles. The molecular weight excluding hydrogens is 302 g/mol. The van der Waals surface area contributed by atoms with Crippen molar-refractivity contribution in [1.29, 1.82) is 0 Å². The van der Waals surface area contributed by atoms with Gasteiger partial charge < -0.3 is 10.4 Å². The third-order valence-electron chi connectivity index (χ3n) is 4.14. The molecule has 0 saturated heterocycles. The summed E-state index contributed by atoms with van der Waals surface area (Å²) in [7, 11) is 0. The zero-order valence-corrected chi connectivity index (χ0v) is 14.0. The highest BCUT2D eigenvalue weighted by Crippen LogP contribution is 2.23. The molecule has 2 unspecified atom stereocenters. The Morgan fingerprint density at radius 3 is 2.25 bits per heavy atom. The molecule has 0 spiro atoms. The average molecular weight is 325 g/mol. The maximum Gasteiger partial charge on any atom is 0.305 e. The molecule has 0 fully saturated rings. The van der Waals surface area contributed by atoms with Crippen LogP contribution in [-0.4, -0.2) is 17.0 Å². The number of aryl methyl sites for hydroxylation is 1. The molecule has 0 aliphatic rings. The molecule has 2 aromatic rings. The van der Waals surface area contributed by atoms with Crippen LogP contribution in [-0.2, 0) is 9.59 Å². The molecule has 1 amide bonds. The van der Waals surface area contributed by atoms with Crippen molar-refractivity contribution >= 4 is 11.9 Å². The Bertz CT molecular complexity index is 697. The van der Waals surface area contributed by atoms with Crippen LogP contribution >= 0.6 is 0 Å². The monoisotopic (exact) mass is 325 g/mol. The quantitative estimate of drug-likeness (QED) is 0.813. The fourth-order valence-corrected chi connectivity index (χ4v) is 2.82. The van der Waals surface area contributed by atoms with E-state index in [0.717, 1.165) is 16.7 Å². The van der Waals surface area contributed by atoms with Gasteiger partial charge in [-0.15, -0.1) is 0 Å². The van der Waals surface area contributed by atoms with Crippen LogP contribution in [0.3, 0.4) is 0 Å². The zero-order chi connectivity index (χ0) is 17.5. The number of carboxylic acid groups (broad SMARTS) is 1. The van der Waals surface area contributed by atoms with Gasteiger partial charge >= 0.3 is 5.97 Å². The molecular formula is C20H23NO3. The minimum Gasteiger partial charge on any atom is -0.481 e. The largest absolute Gasteiger partial charge is 0.481 e. The van der Waals surface area contributed by atoms with Crippen LogP contribution in [0.5, 0.6) is 0 Å². The number of carbonyl (C=O) groups excluding carboxylic acids is 1. The first kappa shape index (κ1) is 17.7. The summed E-state index contributed by atoms with van der Waals surface area (Å²) >= 11 is 0. The summed E-state index contributed by atoms with van der Waals surface area (Å²) in [5.74, 6) is -0.992. The summed E-state index contributed by atoms with van der Waals surface area (Å²) in [6.07, 6.45) is 0.197. The van der Waals surface area contributed by atoms with Crippen molar-refractivity contribution < 1.29 is 14.7 Å². The highest BCUT2D eigenvalue weighted by Gasteiger charge is 2.20. The van der Waals surface area contributed by atoms with E-state index >= 15 is 0 Å². The molecule has 2 rings (SSSR count). The highest BCUT2D eigenvalue weighted by molar-refractivity contribution is 5.78. The van der Waals surface area contributed by atoms with E-state index in [1.807, 2.05) is 68.4 Å². The van der Waals surface area contributed by atoms with E-state index in [1.165, 1.54) is 0 Å². The Balaban J connectivity index is 2.07. The van der Waals surface area contributed by atoms with E-state index in [4.69, 9.17) is 5.11 Å². The van der Waals surface area contributed by atoms with Crippen molar-refractivity contribution in [2.45, 2.75) is 38.6 Å². The van der Waals surface area contributed by atoms with Crippen LogP contribution in [0.2, 0.25) is 0 Å². The molecule has 0 radical (unpaired) electrons. The normalized spacial score (nSPS) is 13.1. The maximum atomic E-state index is 12.4. The number of aliphatic carboxylic acids is 1. The van der Waals surface area contributed by atoms with Gasteiger partial charge in [0.2, 0.25) is 5.91 Å². The molecule has 2 N–H and O–H groups in total. The highest BCUT2D eigenvalue weighted by atomic mass is 16.4. The summed E-state index contributed by atoms with van der Waals surface area (Å²) in [5, 5.41) is 12.0. The van der Waals surface area contributed by atoms with Gasteiger partial charge in [0.15, 0.2) is 0 Å². The Morgan fingerprint density at radius 2 is 1.62 bits per heavy atom. The van der Waals surface area contributed by atoms with Crippen molar-refractivity contribution in [3.05, 3.63) is 71.3 Å². The fraction of sp³-hybridized carbons (Fsp3) is 0.300. The first-order chi connectivity index (χ1) is 11.5. The summed E-state index contributed by atoms with van der Waals surface area (Å²) in [5.41, 5.74) is 2.92. The van der Waals surface area contributed by atoms with Gasteiger partial charge in [0.25, 0.3) is 0 Å². The number of carbonyl (C=O) groups is 2. The molecule has 0 heterocycles. The Labute approximate surface area is 142 Å². The first-order valence-corrected chi connectivity index (χ1v) is 8.09. The molecule has 4 heteroatoms. The van der Waals surface area contributed by atoms with Gasteiger partial charge in [-0.3, -0.25) is 9.59 Å². The van der Waals surface area contributed by atoms with Crippen molar-refractivity contribution in [2.24, 2.45) is 0 Å². The van der Waals surface area contributed by atoms with Crippen LogP contribution in [0.1, 0.15) is 48.4 Å². The summed E-state index contributed by atoms with van der Waals surface area (Å²) in [4.78, 5) is 23.6. The topological polar surface area (TPSA) is 66.4 Å². The van der Waals surface area contributed by atoms with E-state index in [0.29, 0.717) is 6.42 Å². The second-order valence-corrected chi connectivity index (χ2v) is 6.09. The predicted molar refractivity (Wildman–Crippen MR) is 93.8 cm³/mol. The Hall–Kier alpha value is -2.62. The lowest BCUT2D eigenvalue weighted by atomic mass is 9.95. The van der Waals surface area contributed by atoms with E-state index in [-0.39, 0.29) is 18.2 Å². The van der Waals surface area contributed by atoms with E-state index in [9.17, 15) is 9.59 Å². The van der Waals surface area contributed by atoms with Crippen LogP contribution in [0, 0.1) is 6.92 Å². The van der Waals surface area contributed by atoms with Crippen molar-refractivity contribution in [3.8, 4) is 0 Å². The van der Waals surface area contributed by atoms with E-state index in [2.05, 4.69) is 5.32 Å². The smallest absolute Gasteiger partial charge is 0.305 e. The SMILES string of the molecule is Cc1ccccc1C(CC(=O)O)NC(=O)CC(C)c1ccccc1. The second-order valence-electron chi connectivity index (χ2n) is 6.09. The Kier molecular flexibility index (Phi) is 6.13. The van der Waals surface area contributed by atoms with Crippen molar-refractivity contribution in [2.75, 3.05) is 0 Å². The molecule has 2 atom stereocenters. The zero-order valence-electron chi connectivity index (χ0n) is 14.0. The van der Waals surface area contributed by atoms with E-state index in [1.54, 1.807) is 0 Å². The third kappa shape index (κ3) is 4.95. The number of hydrogen-bond donors (Lipinski definition) is 2.